The van der Waals surface area contributed by atoms with Crippen molar-refractivity contribution in [3.8, 4) is 17.2 Å². The van der Waals surface area contributed by atoms with E-state index in [0.29, 0.717) is 22.6 Å². The standard InChI is InChI=1S/C26H22O5/c1-16-4-6-18(7-5-16)14-23-25(28)21-12-13-22(17(2)26(21)31-23)30-24(27)15-19-8-10-20(29-3)11-9-19/h4-14H,15H2,1-3H3/b23-14-. The van der Waals surface area contributed by atoms with Gasteiger partial charge in [0.2, 0.25) is 5.78 Å². The van der Waals surface area contributed by atoms with Crippen molar-refractivity contribution < 1.29 is 23.8 Å². The number of hydrogen-bond acceptors (Lipinski definition) is 5. The molecule has 0 N–H and O–H groups in total. The average molecular weight is 414 g/mol. The summed E-state index contributed by atoms with van der Waals surface area (Å²) < 4.78 is 16.5. The molecule has 0 saturated heterocycles. The number of fused-ring (bicyclic) bond motifs is 1. The van der Waals surface area contributed by atoms with E-state index in [1.807, 2.05) is 43.3 Å². The first kappa shape index (κ1) is 20.4. The lowest BCUT2D eigenvalue weighted by molar-refractivity contribution is -0.133. The Morgan fingerprint density at radius 2 is 1.68 bits per heavy atom. The van der Waals surface area contributed by atoms with Gasteiger partial charge in [-0.25, -0.2) is 0 Å². The van der Waals surface area contributed by atoms with E-state index in [2.05, 4.69) is 0 Å². The average Bonchev–Trinajstić information content (AvgIpc) is 3.08. The monoisotopic (exact) mass is 414 g/mol. The maximum Gasteiger partial charge on any atom is 0.315 e. The number of hydrogen-bond donors (Lipinski definition) is 0. The Kier molecular flexibility index (Phi) is 5.58. The highest BCUT2D eigenvalue weighted by molar-refractivity contribution is 6.15. The molecule has 0 amide bonds. The van der Waals surface area contributed by atoms with Crippen molar-refractivity contribution in [1.29, 1.82) is 0 Å². The second-order valence-electron chi connectivity index (χ2n) is 7.41. The van der Waals surface area contributed by atoms with Crippen LogP contribution in [-0.4, -0.2) is 18.9 Å². The van der Waals surface area contributed by atoms with Crippen LogP contribution in [0.3, 0.4) is 0 Å². The van der Waals surface area contributed by atoms with Crippen molar-refractivity contribution in [3.05, 3.63) is 94.2 Å². The number of rotatable bonds is 5. The number of Topliss-reactive ketones (excluding diaryl/α,β-unsaturated/α-hetero) is 1. The second-order valence-corrected chi connectivity index (χ2v) is 7.41. The molecule has 0 radical (unpaired) electrons. The molecular weight excluding hydrogens is 392 g/mol. The fourth-order valence-electron chi connectivity index (χ4n) is 3.36. The summed E-state index contributed by atoms with van der Waals surface area (Å²) in [5, 5.41) is 0. The van der Waals surface area contributed by atoms with Gasteiger partial charge in [0.15, 0.2) is 5.76 Å². The van der Waals surface area contributed by atoms with E-state index in [0.717, 1.165) is 22.4 Å². The predicted molar refractivity (Wildman–Crippen MR) is 118 cm³/mol. The third-order valence-corrected chi connectivity index (χ3v) is 5.14. The largest absolute Gasteiger partial charge is 0.497 e. The Hall–Kier alpha value is -3.86. The van der Waals surface area contributed by atoms with E-state index < -0.39 is 5.97 Å². The molecule has 5 heteroatoms. The molecule has 156 valence electrons. The first-order valence-electron chi connectivity index (χ1n) is 9.92. The molecule has 5 nitrogen and oxygen atoms in total. The van der Waals surface area contributed by atoms with Gasteiger partial charge < -0.3 is 14.2 Å². The molecule has 0 aromatic heterocycles. The number of aryl methyl sites for hydroxylation is 1. The van der Waals surface area contributed by atoms with Crippen LogP contribution in [0.2, 0.25) is 0 Å². The van der Waals surface area contributed by atoms with Gasteiger partial charge in [-0.15, -0.1) is 0 Å². The van der Waals surface area contributed by atoms with Crippen LogP contribution in [0, 0.1) is 13.8 Å². The van der Waals surface area contributed by atoms with Gasteiger partial charge in [0.1, 0.15) is 17.2 Å². The van der Waals surface area contributed by atoms with Crippen LogP contribution in [0.1, 0.15) is 32.6 Å². The molecule has 0 atom stereocenters. The topological polar surface area (TPSA) is 61.8 Å². The van der Waals surface area contributed by atoms with Crippen molar-refractivity contribution in [2.24, 2.45) is 0 Å². The number of allylic oxidation sites excluding steroid dienone is 1. The number of esters is 1. The fourth-order valence-corrected chi connectivity index (χ4v) is 3.36. The van der Waals surface area contributed by atoms with Crippen molar-refractivity contribution in [1.82, 2.24) is 0 Å². The summed E-state index contributed by atoms with van der Waals surface area (Å²) in [6, 6.07) is 18.3. The lowest BCUT2D eigenvalue weighted by atomic mass is 10.1. The molecule has 1 heterocycles. The number of methoxy groups -OCH3 is 1. The van der Waals surface area contributed by atoms with Gasteiger partial charge in [0.25, 0.3) is 0 Å². The smallest absolute Gasteiger partial charge is 0.315 e. The lowest BCUT2D eigenvalue weighted by Gasteiger charge is -2.10. The van der Waals surface area contributed by atoms with Crippen molar-refractivity contribution in [2.45, 2.75) is 20.3 Å². The summed E-state index contributed by atoms with van der Waals surface area (Å²) in [4.78, 5) is 25.1. The SMILES string of the molecule is COc1ccc(CC(=O)Oc2ccc3c(c2C)O/C(=C\c2ccc(C)cc2)C3=O)cc1. The predicted octanol–water partition coefficient (Wildman–Crippen LogP) is 5.08. The minimum atomic E-state index is -0.395. The first-order chi connectivity index (χ1) is 14.9. The van der Waals surface area contributed by atoms with Crippen LogP contribution in [-0.2, 0) is 11.2 Å². The molecule has 3 aromatic rings. The number of ether oxygens (including phenoxy) is 3. The fraction of sp³-hybridized carbons (Fsp3) is 0.154. The molecule has 0 bridgehead atoms. The van der Waals surface area contributed by atoms with E-state index in [1.165, 1.54) is 0 Å². The van der Waals surface area contributed by atoms with Gasteiger partial charge in [0, 0.05) is 5.56 Å². The molecule has 31 heavy (non-hydrogen) atoms. The summed E-state index contributed by atoms with van der Waals surface area (Å²) in [5.74, 6) is 1.20. The summed E-state index contributed by atoms with van der Waals surface area (Å²) >= 11 is 0. The number of carbonyl (C=O) groups is 2. The summed E-state index contributed by atoms with van der Waals surface area (Å²) in [7, 11) is 1.59. The highest BCUT2D eigenvalue weighted by Crippen LogP contribution is 2.39. The molecule has 0 aliphatic carbocycles. The van der Waals surface area contributed by atoms with Crippen LogP contribution in [0.15, 0.2) is 66.4 Å². The molecule has 3 aromatic carbocycles. The second kappa shape index (κ2) is 8.48. The minimum Gasteiger partial charge on any atom is -0.497 e. The number of carbonyl (C=O) groups excluding carboxylic acids is 2. The third kappa shape index (κ3) is 4.36. The molecule has 0 saturated carbocycles. The number of ketones is 1. The van der Waals surface area contributed by atoms with Gasteiger partial charge in [-0.2, -0.15) is 0 Å². The summed E-state index contributed by atoms with van der Waals surface area (Å²) in [6.07, 6.45) is 1.84. The Bertz CT molecular complexity index is 1170. The highest BCUT2D eigenvalue weighted by atomic mass is 16.5. The Morgan fingerprint density at radius 1 is 0.968 bits per heavy atom. The zero-order valence-electron chi connectivity index (χ0n) is 17.6. The van der Waals surface area contributed by atoms with Gasteiger partial charge in [-0.1, -0.05) is 42.0 Å². The van der Waals surface area contributed by atoms with E-state index in [-0.39, 0.29) is 18.0 Å². The van der Waals surface area contributed by atoms with E-state index in [1.54, 1.807) is 44.4 Å². The Morgan fingerprint density at radius 3 is 2.35 bits per heavy atom. The van der Waals surface area contributed by atoms with Gasteiger partial charge >= 0.3 is 5.97 Å². The van der Waals surface area contributed by atoms with Crippen molar-refractivity contribution in [3.63, 3.8) is 0 Å². The maximum atomic E-state index is 12.7. The Balaban J connectivity index is 1.51. The molecule has 0 unspecified atom stereocenters. The van der Waals surface area contributed by atoms with Gasteiger partial charge in [-0.3, -0.25) is 9.59 Å². The third-order valence-electron chi connectivity index (χ3n) is 5.14. The van der Waals surface area contributed by atoms with Gasteiger partial charge in [-0.05, 0) is 55.3 Å². The van der Waals surface area contributed by atoms with E-state index in [9.17, 15) is 9.59 Å². The molecule has 0 spiro atoms. The van der Waals surface area contributed by atoms with Crippen LogP contribution in [0.5, 0.6) is 17.2 Å². The summed E-state index contributed by atoms with van der Waals surface area (Å²) in [5.41, 5.74) is 3.91. The lowest BCUT2D eigenvalue weighted by Crippen LogP contribution is -2.12. The zero-order valence-corrected chi connectivity index (χ0v) is 17.6. The number of benzene rings is 3. The Labute approximate surface area is 180 Å². The van der Waals surface area contributed by atoms with E-state index in [4.69, 9.17) is 14.2 Å². The van der Waals surface area contributed by atoms with Crippen molar-refractivity contribution in [2.75, 3.05) is 7.11 Å². The summed E-state index contributed by atoms with van der Waals surface area (Å²) in [6.45, 7) is 3.78. The molecule has 1 aliphatic rings. The maximum absolute atomic E-state index is 12.7. The molecule has 1 aliphatic heterocycles. The normalized spacial score (nSPS) is 13.6. The quantitative estimate of drug-likeness (QED) is 0.331. The minimum absolute atomic E-state index is 0.124. The van der Waals surface area contributed by atoms with E-state index >= 15 is 0 Å². The van der Waals surface area contributed by atoms with Crippen LogP contribution in [0.4, 0.5) is 0 Å². The van der Waals surface area contributed by atoms with Crippen LogP contribution >= 0.6 is 0 Å². The molecule has 4 rings (SSSR count). The van der Waals surface area contributed by atoms with Crippen LogP contribution in [0.25, 0.3) is 6.08 Å². The molecular formula is C26H22O5. The highest BCUT2D eigenvalue weighted by Gasteiger charge is 2.30. The zero-order chi connectivity index (χ0) is 22.0. The first-order valence-corrected chi connectivity index (χ1v) is 9.92. The van der Waals surface area contributed by atoms with Crippen molar-refractivity contribution >= 4 is 17.8 Å². The molecule has 0 fully saturated rings. The van der Waals surface area contributed by atoms with Gasteiger partial charge in [0.05, 0.1) is 19.1 Å². The van der Waals surface area contributed by atoms with Crippen LogP contribution < -0.4 is 14.2 Å².